The van der Waals surface area contributed by atoms with Crippen LogP contribution in [0.5, 0.6) is 0 Å². The minimum absolute atomic E-state index is 0.872. The Morgan fingerprint density at radius 1 is 0.368 bits per heavy atom. The van der Waals surface area contributed by atoms with Gasteiger partial charge in [0.15, 0.2) is 5.58 Å². The number of hydrogen-bond acceptors (Lipinski definition) is 2. The normalized spacial score (nSPS) is 11.5. The highest BCUT2D eigenvalue weighted by atomic mass is 16.3. The van der Waals surface area contributed by atoms with Crippen LogP contribution in [0.4, 0.5) is 17.1 Å². The average molecular weight is 729 g/mol. The number of benzene rings is 9. The summed E-state index contributed by atoms with van der Waals surface area (Å²) in [5, 5.41) is 4.66. The van der Waals surface area contributed by atoms with E-state index in [0.29, 0.717) is 0 Å². The fraction of sp³-hybridized carbons (Fsp3) is 0. The molecule has 3 nitrogen and oxygen atoms in total. The van der Waals surface area contributed by atoms with Gasteiger partial charge < -0.3 is 13.9 Å². The summed E-state index contributed by atoms with van der Waals surface area (Å²) >= 11 is 0. The maximum absolute atomic E-state index is 7.02. The van der Waals surface area contributed by atoms with Crippen molar-refractivity contribution in [2.45, 2.75) is 0 Å². The highest BCUT2D eigenvalue weighted by Crippen LogP contribution is 2.46. The Hall–Kier alpha value is -7.62. The zero-order valence-electron chi connectivity index (χ0n) is 31.1. The van der Waals surface area contributed by atoms with E-state index in [2.05, 4.69) is 228 Å². The summed E-state index contributed by atoms with van der Waals surface area (Å²) in [7, 11) is 0. The molecule has 57 heavy (non-hydrogen) atoms. The fourth-order valence-corrected chi connectivity index (χ4v) is 8.48. The molecule has 0 radical (unpaired) electrons. The second kappa shape index (κ2) is 13.6. The van der Waals surface area contributed by atoms with Crippen molar-refractivity contribution in [3.8, 4) is 39.1 Å². The van der Waals surface area contributed by atoms with Crippen LogP contribution < -0.4 is 4.90 Å². The van der Waals surface area contributed by atoms with Crippen LogP contribution in [0, 0.1) is 0 Å². The van der Waals surface area contributed by atoms with Crippen molar-refractivity contribution in [1.29, 1.82) is 0 Å². The number of furan rings is 1. The molecule has 0 N–H and O–H groups in total. The van der Waals surface area contributed by atoms with Crippen LogP contribution in [0.3, 0.4) is 0 Å². The summed E-state index contributed by atoms with van der Waals surface area (Å²) in [5.41, 5.74) is 15.1. The van der Waals surface area contributed by atoms with Crippen LogP contribution in [-0.2, 0) is 0 Å². The van der Waals surface area contributed by atoms with E-state index in [-0.39, 0.29) is 0 Å². The number of fused-ring (bicyclic) bond motifs is 6. The second-order valence-electron chi connectivity index (χ2n) is 14.5. The molecule has 0 aliphatic heterocycles. The molecular formula is C54H36N2O. The van der Waals surface area contributed by atoms with Crippen molar-refractivity contribution in [2.75, 3.05) is 4.90 Å². The molecule has 0 saturated heterocycles. The Morgan fingerprint density at radius 3 is 1.70 bits per heavy atom. The largest absolute Gasteiger partial charge is 0.453 e. The second-order valence-corrected chi connectivity index (χ2v) is 14.5. The first-order chi connectivity index (χ1) is 28.3. The highest BCUT2D eigenvalue weighted by Gasteiger charge is 2.24. The van der Waals surface area contributed by atoms with Gasteiger partial charge in [-0.3, -0.25) is 0 Å². The molecule has 2 aromatic heterocycles. The molecule has 0 spiro atoms. The zero-order valence-corrected chi connectivity index (χ0v) is 31.1. The SMILES string of the molecule is c1ccc(-c2ccc(N(c3ccc(-c4ccc5ccccc5c4)cc3)c3ccccc3-c3cccc4c3oc3c5ccccc5n(-c5ccccc5)c43)cc2)cc1. The Balaban J connectivity index is 1.09. The van der Waals surface area contributed by atoms with E-state index in [9.17, 15) is 0 Å². The van der Waals surface area contributed by atoms with Crippen molar-refractivity contribution in [2.24, 2.45) is 0 Å². The molecule has 0 amide bonds. The predicted molar refractivity (Wildman–Crippen MR) is 239 cm³/mol. The number of hydrogen-bond donors (Lipinski definition) is 0. The Morgan fingerprint density at radius 2 is 0.930 bits per heavy atom. The van der Waals surface area contributed by atoms with Gasteiger partial charge in [-0.05, 0) is 99.8 Å². The molecule has 11 rings (SSSR count). The summed E-state index contributed by atoms with van der Waals surface area (Å²) < 4.78 is 9.36. The number of nitrogens with zero attached hydrogens (tertiary/aromatic N) is 2. The molecule has 268 valence electrons. The third kappa shape index (κ3) is 5.60. The molecule has 0 bridgehead atoms. The zero-order chi connectivity index (χ0) is 37.7. The van der Waals surface area contributed by atoms with Gasteiger partial charge in [0, 0.05) is 39.0 Å². The Bertz CT molecular complexity index is 3210. The van der Waals surface area contributed by atoms with Crippen LogP contribution >= 0.6 is 0 Å². The molecule has 0 atom stereocenters. The van der Waals surface area contributed by atoms with Crippen molar-refractivity contribution in [3.05, 3.63) is 218 Å². The topological polar surface area (TPSA) is 21.3 Å². The number of anilines is 3. The smallest absolute Gasteiger partial charge is 0.161 e. The first kappa shape index (κ1) is 32.8. The molecule has 0 saturated carbocycles. The van der Waals surface area contributed by atoms with Gasteiger partial charge in [0.2, 0.25) is 0 Å². The number of para-hydroxylation sites is 4. The minimum atomic E-state index is 0.872. The molecule has 0 aliphatic carbocycles. The van der Waals surface area contributed by atoms with Gasteiger partial charge in [-0.25, -0.2) is 0 Å². The van der Waals surface area contributed by atoms with Crippen LogP contribution in [-0.4, -0.2) is 4.57 Å². The lowest BCUT2D eigenvalue weighted by atomic mass is 9.98. The van der Waals surface area contributed by atoms with Crippen LogP contribution in [0.25, 0.3) is 82.8 Å². The minimum Gasteiger partial charge on any atom is -0.453 e. The van der Waals surface area contributed by atoms with Gasteiger partial charge in [0.25, 0.3) is 0 Å². The van der Waals surface area contributed by atoms with Gasteiger partial charge in [-0.15, -0.1) is 0 Å². The maximum atomic E-state index is 7.02. The van der Waals surface area contributed by atoms with Gasteiger partial charge in [0.05, 0.1) is 11.2 Å². The van der Waals surface area contributed by atoms with Crippen molar-refractivity contribution >= 4 is 60.8 Å². The lowest BCUT2D eigenvalue weighted by molar-refractivity contribution is 0.674. The molecule has 0 fully saturated rings. The number of aromatic nitrogens is 1. The van der Waals surface area contributed by atoms with Crippen LogP contribution in [0.2, 0.25) is 0 Å². The molecule has 3 heteroatoms. The van der Waals surface area contributed by atoms with Gasteiger partial charge >= 0.3 is 0 Å². The van der Waals surface area contributed by atoms with E-state index in [4.69, 9.17) is 4.42 Å². The first-order valence-corrected chi connectivity index (χ1v) is 19.4. The van der Waals surface area contributed by atoms with Crippen LogP contribution in [0.1, 0.15) is 0 Å². The summed E-state index contributed by atoms with van der Waals surface area (Å²) in [6, 6.07) is 78.0. The summed E-state index contributed by atoms with van der Waals surface area (Å²) in [4.78, 5) is 2.37. The quantitative estimate of drug-likeness (QED) is 0.163. The Kier molecular flexibility index (Phi) is 7.82. The van der Waals surface area contributed by atoms with Crippen LogP contribution in [0.15, 0.2) is 223 Å². The lowest BCUT2D eigenvalue weighted by Crippen LogP contribution is -2.11. The molecule has 9 aromatic carbocycles. The third-order valence-corrected chi connectivity index (χ3v) is 11.2. The van der Waals surface area contributed by atoms with E-state index in [1.54, 1.807) is 0 Å². The summed E-state index contributed by atoms with van der Waals surface area (Å²) in [5.74, 6) is 0. The fourth-order valence-electron chi connectivity index (χ4n) is 8.48. The summed E-state index contributed by atoms with van der Waals surface area (Å²) in [6.07, 6.45) is 0. The van der Waals surface area contributed by atoms with E-state index < -0.39 is 0 Å². The molecule has 2 heterocycles. The average Bonchev–Trinajstić information content (AvgIpc) is 3.83. The van der Waals surface area contributed by atoms with E-state index in [1.165, 1.54) is 33.0 Å². The molecule has 0 aliphatic rings. The van der Waals surface area contributed by atoms with Gasteiger partial charge in [-0.1, -0.05) is 152 Å². The first-order valence-electron chi connectivity index (χ1n) is 19.4. The van der Waals surface area contributed by atoms with E-state index >= 15 is 0 Å². The maximum Gasteiger partial charge on any atom is 0.161 e. The number of rotatable bonds is 7. The molecule has 0 unspecified atom stereocenters. The van der Waals surface area contributed by atoms with Gasteiger partial charge in [-0.2, -0.15) is 0 Å². The van der Waals surface area contributed by atoms with Gasteiger partial charge in [0.1, 0.15) is 11.1 Å². The molecule has 11 aromatic rings. The monoisotopic (exact) mass is 728 g/mol. The van der Waals surface area contributed by atoms with E-state index in [0.717, 1.165) is 66.8 Å². The molecular weight excluding hydrogens is 693 g/mol. The van der Waals surface area contributed by atoms with Crippen molar-refractivity contribution in [3.63, 3.8) is 0 Å². The predicted octanol–water partition coefficient (Wildman–Crippen LogP) is 15.2. The Labute approximate surface area is 330 Å². The van der Waals surface area contributed by atoms with E-state index in [1.807, 2.05) is 0 Å². The lowest BCUT2D eigenvalue weighted by Gasteiger charge is -2.28. The summed E-state index contributed by atoms with van der Waals surface area (Å²) in [6.45, 7) is 0. The third-order valence-electron chi connectivity index (χ3n) is 11.2. The van der Waals surface area contributed by atoms with Crippen molar-refractivity contribution < 1.29 is 4.42 Å². The highest BCUT2D eigenvalue weighted by molar-refractivity contribution is 6.19. The standard InChI is InChI=1S/C54H36N2O/c1-3-14-37(15-4-1)39-28-32-44(33-29-39)55(45-34-30-40(31-35-45)42-27-26-38-16-7-8-17-41(38)36-42)50-24-11-9-20-46(50)47-22-13-23-49-52-54(57-53(47)49)48-21-10-12-25-51(48)56(52)43-18-5-2-6-19-43/h1-36H. The van der Waals surface area contributed by atoms with Crippen molar-refractivity contribution in [1.82, 2.24) is 4.57 Å².